The third-order valence-electron chi connectivity index (χ3n) is 6.84. The third-order valence-corrected chi connectivity index (χ3v) is 6.84. The van der Waals surface area contributed by atoms with E-state index in [-0.39, 0.29) is 11.9 Å². The maximum Gasteiger partial charge on any atom is 0.251 e. The van der Waals surface area contributed by atoms with Gasteiger partial charge in [-0.15, -0.1) is 0 Å². The Labute approximate surface area is 215 Å². The summed E-state index contributed by atoms with van der Waals surface area (Å²) >= 11 is 0. The molecule has 1 aliphatic rings. The van der Waals surface area contributed by atoms with Gasteiger partial charge in [0, 0.05) is 29.0 Å². The molecule has 1 aliphatic carbocycles. The molecule has 2 aromatic carbocycles. The van der Waals surface area contributed by atoms with Gasteiger partial charge in [-0.05, 0) is 48.7 Å². The molecule has 1 fully saturated rings. The van der Waals surface area contributed by atoms with Gasteiger partial charge in [-0.25, -0.2) is 0 Å². The highest BCUT2D eigenvalue weighted by Crippen LogP contribution is 2.42. The van der Waals surface area contributed by atoms with Crippen LogP contribution in [0.2, 0.25) is 0 Å². The number of hydrogen-bond donors (Lipinski definition) is 2. The number of amides is 1. The monoisotopic (exact) mass is 502 g/mol. The van der Waals surface area contributed by atoms with Gasteiger partial charge in [0.1, 0.15) is 11.3 Å². The summed E-state index contributed by atoms with van der Waals surface area (Å²) in [5.41, 5.74) is 4.20. The van der Waals surface area contributed by atoms with E-state index in [2.05, 4.69) is 10.3 Å². The minimum absolute atomic E-state index is 0.198. The number of fused-ring (bicyclic) bond motifs is 1. The number of ether oxygens (including phenoxy) is 3. The molecule has 0 saturated heterocycles. The topological polar surface area (TPSA) is 103 Å². The van der Waals surface area contributed by atoms with Crippen molar-refractivity contribution in [3.05, 3.63) is 60.3 Å². The summed E-state index contributed by atoms with van der Waals surface area (Å²) in [6, 6.07) is 14.5. The number of nitrogens with zero attached hydrogens (tertiary/aromatic N) is 1. The normalized spacial score (nSPS) is 17.4. The van der Waals surface area contributed by atoms with Crippen LogP contribution >= 0.6 is 0 Å². The number of rotatable bonds is 7. The smallest absolute Gasteiger partial charge is 0.251 e. The van der Waals surface area contributed by atoms with Crippen molar-refractivity contribution in [2.24, 2.45) is 0 Å². The number of carbonyl (C=O) groups excluding carboxylic acids is 1. The van der Waals surface area contributed by atoms with E-state index in [0.717, 1.165) is 36.0 Å². The summed E-state index contributed by atoms with van der Waals surface area (Å²) in [4.78, 5) is 17.5. The standard InChI is InChI=1S/C29H30N2O6/c1-34-25-14-19(15-26(35-2)28(25)36-3)24-16-22-27(37-24)20(11-12-30-22)17-7-6-8-18(13-17)29(33)31-21-9-4-5-10-23(21)32/h6-8,11-16,21,23,32H,4-5,9-10H2,1-3H3,(H,31,33)/t21?,23-/m1/s1. The third kappa shape index (κ3) is 4.84. The highest BCUT2D eigenvalue weighted by atomic mass is 16.5. The summed E-state index contributed by atoms with van der Waals surface area (Å²) < 4.78 is 22.7. The Morgan fingerprint density at radius 3 is 2.43 bits per heavy atom. The van der Waals surface area contributed by atoms with Crippen LogP contribution in [0.4, 0.5) is 0 Å². The van der Waals surface area contributed by atoms with E-state index in [0.29, 0.717) is 46.1 Å². The first-order valence-corrected chi connectivity index (χ1v) is 12.3. The molecule has 0 aliphatic heterocycles. The largest absolute Gasteiger partial charge is 0.493 e. The van der Waals surface area contributed by atoms with E-state index in [1.807, 2.05) is 42.5 Å². The van der Waals surface area contributed by atoms with Crippen LogP contribution in [0, 0.1) is 0 Å². The Hall–Kier alpha value is -4.04. The number of aromatic nitrogens is 1. The molecule has 2 atom stereocenters. The highest BCUT2D eigenvalue weighted by Gasteiger charge is 2.25. The van der Waals surface area contributed by atoms with E-state index < -0.39 is 6.10 Å². The van der Waals surface area contributed by atoms with E-state index in [4.69, 9.17) is 18.6 Å². The van der Waals surface area contributed by atoms with E-state index in [1.54, 1.807) is 33.6 Å². The lowest BCUT2D eigenvalue weighted by molar-refractivity contribution is 0.0717. The Morgan fingerprint density at radius 1 is 0.973 bits per heavy atom. The lowest BCUT2D eigenvalue weighted by Gasteiger charge is -2.28. The van der Waals surface area contributed by atoms with Gasteiger partial charge in [-0.2, -0.15) is 0 Å². The van der Waals surface area contributed by atoms with Gasteiger partial charge in [0.05, 0.1) is 33.5 Å². The molecule has 8 nitrogen and oxygen atoms in total. The Kier molecular flexibility index (Phi) is 7.01. The molecule has 1 saturated carbocycles. The van der Waals surface area contributed by atoms with Gasteiger partial charge in [0.2, 0.25) is 5.75 Å². The molecule has 4 aromatic rings. The zero-order valence-corrected chi connectivity index (χ0v) is 21.1. The first-order valence-electron chi connectivity index (χ1n) is 12.3. The molecule has 2 heterocycles. The van der Waals surface area contributed by atoms with Crippen LogP contribution in [0.3, 0.4) is 0 Å². The number of aliphatic hydroxyl groups excluding tert-OH is 1. The summed E-state index contributed by atoms with van der Waals surface area (Å²) in [5, 5.41) is 13.2. The fourth-order valence-corrected chi connectivity index (χ4v) is 4.89. The predicted octanol–water partition coefficient (Wildman–Crippen LogP) is 5.22. The van der Waals surface area contributed by atoms with Crippen LogP contribution in [0.25, 0.3) is 33.6 Å². The fourth-order valence-electron chi connectivity index (χ4n) is 4.89. The van der Waals surface area contributed by atoms with Crippen molar-refractivity contribution in [2.75, 3.05) is 21.3 Å². The first-order chi connectivity index (χ1) is 18.0. The summed E-state index contributed by atoms with van der Waals surface area (Å²) in [6.07, 6.45) is 4.71. The molecule has 0 bridgehead atoms. The van der Waals surface area contributed by atoms with E-state index in [1.165, 1.54) is 0 Å². The lowest BCUT2D eigenvalue weighted by atomic mass is 9.92. The number of pyridine rings is 1. The molecule has 8 heteroatoms. The molecule has 2 N–H and O–H groups in total. The number of nitrogens with one attached hydrogen (secondary N) is 1. The van der Waals surface area contributed by atoms with Gasteiger partial charge < -0.3 is 29.1 Å². The summed E-state index contributed by atoms with van der Waals surface area (Å²) in [6.45, 7) is 0. The van der Waals surface area contributed by atoms with Gasteiger partial charge in [0.15, 0.2) is 17.1 Å². The minimum atomic E-state index is -0.502. The van der Waals surface area contributed by atoms with Gasteiger partial charge >= 0.3 is 0 Å². The minimum Gasteiger partial charge on any atom is -0.493 e. The van der Waals surface area contributed by atoms with Crippen LogP contribution in [0.1, 0.15) is 36.0 Å². The molecule has 2 aromatic heterocycles. The van der Waals surface area contributed by atoms with Crippen LogP contribution < -0.4 is 19.5 Å². The summed E-state index contributed by atoms with van der Waals surface area (Å²) in [7, 11) is 4.69. The van der Waals surface area contributed by atoms with Crippen molar-refractivity contribution in [3.63, 3.8) is 0 Å². The molecule has 192 valence electrons. The molecule has 0 radical (unpaired) electrons. The average molecular weight is 503 g/mol. The van der Waals surface area contributed by atoms with E-state index >= 15 is 0 Å². The maximum atomic E-state index is 13.0. The van der Waals surface area contributed by atoms with Crippen molar-refractivity contribution in [2.45, 2.75) is 37.8 Å². The summed E-state index contributed by atoms with van der Waals surface area (Å²) in [5.74, 6) is 1.93. The molecule has 1 amide bonds. The van der Waals surface area contributed by atoms with Gasteiger partial charge in [-0.1, -0.05) is 25.0 Å². The number of benzene rings is 2. The van der Waals surface area contributed by atoms with Crippen molar-refractivity contribution >= 4 is 17.0 Å². The van der Waals surface area contributed by atoms with Crippen LogP contribution in [0.15, 0.2) is 59.1 Å². The van der Waals surface area contributed by atoms with Crippen LogP contribution in [0.5, 0.6) is 17.2 Å². The number of aliphatic hydroxyl groups is 1. The second-order valence-corrected chi connectivity index (χ2v) is 9.11. The van der Waals surface area contributed by atoms with Crippen molar-refractivity contribution in [1.29, 1.82) is 0 Å². The highest BCUT2D eigenvalue weighted by molar-refractivity contribution is 5.98. The zero-order chi connectivity index (χ0) is 25.9. The quantitative estimate of drug-likeness (QED) is 0.357. The molecule has 5 rings (SSSR count). The SMILES string of the molecule is COc1cc(-c2cc3nccc(-c4cccc(C(=O)NC5CCCC[C@H]5O)c4)c3o2)cc(OC)c1OC. The second-order valence-electron chi connectivity index (χ2n) is 9.11. The zero-order valence-electron chi connectivity index (χ0n) is 21.1. The Balaban J connectivity index is 1.49. The van der Waals surface area contributed by atoms with Crippen LogP contribution in [-0.2, 0) is 0 Å². The van der Waals surface area contributed by atoms with E-state index in [9.17, 15) is 9.90 Å². The maximum absolute atomic E-state index is 13.0. The number of methoxy groups -OCH3 is 3. The van der Waals surface area contributed by atoms with Gasteiger partial charge in [0.25, 0.3) is 5.91 Å². The Morgan fingerprint density at radius 2 is 1.73 bits per heavy atom. The average Bonchev–Trinajstić information content (AvgIpc) is 3.38. The fraction of sp³-hybridized carbons (Fsp3) is 0.310. The molecule has 37 heavy (non-hydrogen) atoms. The van der Waals surface area contributed by atoms with Crippen LogP contribution in [-0.4, -0.2) is 49.5 Å². The van der Waals surface area contributed by atoms with Crippen molar-refractivity contribution < 1.29 is 28.5 Å². The first kappa shape index (κ1) is 24.6. The number of furan rings is 1. The van der Waals surface area contributed by atoms with Crippen molar-refractivity contribution in [1.82, 2.24) is 10.3 Å². The number of carbonyl (C=O) groups is 1. The molecular weight excluding hydrogens is 472 g/mol. The lowest BCUT2D eigenvalue weighted by Crippen LogP contribution is -2.45. The Bertz CT molecular complexity index is 1400. The molecule has 0 spiro atoms. The number of hydrogen-bond acceptors (Lipinski definition) is 7. The van der Waals surface area contributed by atoms with Gasteiger partial charge in [-0.3, -0.25) is 9.78 Å². The molecular formula is C29H30N2O6. The molecule has 1 unspecified atom stereocenters. The second kappa shape index (κ2) is 10.5. The van der Waals surface area contributed by atoms with Crippen molar-refractivity contribution in [3.8, 4) is 39.7 Å². The predicted molar refractivity (Wildman–Crippen MR) is 140 cm³/mol.